The third-order valence-corrected chi connectivity index (χ3v) is 5.98. The SMILES string of the molecule is C=CC1=C(/C=C\C)C(=O)N(Cc2ccccc2OCC)C(C)(C(=O)NCCC(C)C)CC1. The number of benzene rings is 1. The van der Waals surface area contributed by atoms with E-state index in [1.807, 2.05) is 57.2 Å². The molecule has 32 heavy (non-hydrogen) atoms. The molecule has 1 aromatic rings. The number of carbonyl (C=O) groups excluding carboxylic acids is 2. The summed E-state index contributed by atoms with van der Waals surface area (Å²) in [5.41, 5.74) is 1.35. The first-order valence-electron chi connectivity index (χ1n) is 11.6. The number of ether oxygens (including phenoxy) is 1. The molecule has 0 saturated carbocycles. The van der Waals surface area contributed by atoms with Crippen LogP contribution in [0.4, 0.5) is 0 Å². The zero-order chi connectivity index (χ0) is 23.7. The van der Waals surface area contributed by atoms with Crippen molar-refractivity contribution < 1.29 is 14.3 Å². The second kappa shape index (κ2) is 11.7. The number of rotatable bonds is 10. The van der Waals surface area contributed by atoms with Gasteiger partial charge < -0.3 is 15.0 Å². The predicted octanol–water partition coefficient (Wildman–Crippen LogP) is 5.19. The molecule has 1 unspecified atom stereocenters. The Morgan fingerprint density at radius 3 is 2.69 bits per heavy atom. The third-order valence-electron chi connectivity index (χ3n) is 5.98. The van der Waals surface area contributed by atoms with Gasteiger partial charge in [0.05, 0.1) is 13.2 Å². The standard InChI is InChI=1S/C27H38N2O3/c1-7-12-23-21(8-2)15-17-27(6,26(31)28-18-16-20(4)5)29(25(23)30)19-22-13-10-11-14-24(22)32-9-3/h7-8,10-14,20H,2,9,15-19H2,1,3-6H3,(H,28,31)/b12-7-. The van der Waals surface area contributed by atoms with E-state index in [1.54, 1.807) is 11.0 Å². The van der Waals surface area contributed by atoms with Crippen molar-refractivity contribution >= 4 is 11.8 Å². The van der Waals surface area contributed by atoms with E-state index >= 15 is 0 Å². The van der Waals surface area contributed by atoms with Gasteiger partial charge in [0.1, 0.15) is 11.3 Å². The Morgan fingerprint density at radius 2 is 2.06 bits per heavy atom. The van der Waals surface area contributed by atoms with Crippen LogP contribution in [-0.2, 0) is 16.1 Å². The number of hydrogen-bond acceptors (Lipinski definition) is 3. The van der Waals surface area contributed by atoms with Crippen molar-refractivity contribution in [1.82, 2.24) is 10.2 Å². The summed E-state index contributed by atoms with van der Waals surface area (Å²) in [6.07, 6.45) is 7.43. The molecule has 2 rings (SSSR count). The molecule has 0 fully saturated rings. The van der Waals surface area contributed by atoms with Crippen molar-refractivity contribution in [3.8, 4) is 5.75 Å². The minimum atomic E-state index is -0.995. The fourth-order valence-electron chi connectivity index (χ4n) is 3.96. The maximum atomic E-state index is 13.8. The minimum absolute atomic E-state index is 0.120. The molecule has 0 aromatic heterocycles. The van der Waals surface area contributed by atoms with E-state index in [0.29, 0.717) is 37.5 Å². The molecule has 1 aromatic carbocycles. The Balaban J connectivity index is 2.50. The summed E-state index contributed by atoms with van der Waals surface area (Å²) in [4.78, 5) is 29.0. The lowest BCUT2D eigenvalue weighted by Gasteiger charge is -2.39. The van der Waals surface area contributed by atoms with E-state index in [4.69, 9.17) is 4.74 Å². The molecule has 1 heterocycles. The largest absolute Gasteiger partial charge is 0.494 e. The first-order chi connectivity index (χ1) is 15.3. The van der Waals surface area contributed by atoms with Gasteiger partial charge in [0.2, 0.25) is 5.91 Å². The van der Waals surface area contributed by atoms with Crippen LogP contribution in [0.3, 0.4) is 0 Å². The van der Waals surface area contributed by atoms with E-state index in [-0.39, 0.29) is 18.4 Å². The van der Waals surface area contributed by atoms with Crippen molar-refractivity contribution in [3.63, 3.8) is 0 Å². The second-order valence-electron chi connectivity index (χ2n) is 8.79. The van der Waals surface area contributed by atoms with Crippen LogP contribution in [0.25, 0.3) is 0 Å². The molecular formula is C27H38N2O3. The number of para-hydroxylation sites is 1. The first-order valence-corrected chi connectivity index (χ1v) is 11.6. The summed E-state index contributed by atoms with van der Waals surface area (Å²) >= 11 is 0. The fraction of sp³-hybridized carbons (Fsp3) is 0.481. The van der Waals surface area contributed by atoms with Crippen LogP contribution in [0.5, 0.6) is 5.75 Å². The van der Waals surface area contributed by atoms with Crippen LogP contribution in [-0.4, -0.2) is 35.4 Å². The molecule has 0 radical (unpaired) electrons. The van der Waals surface area contributed by atoms with Crippen molar-refractivity contribution in [2.24, 2.45) is 5.92 Å². The van der Waals surface area contributed by atoms with Crippen molar-refractivity contribution in [1.29, 1.82) is 0 Å². The van der Waals surface area contributed by atoms with E-state index in [1.165, 1.54) is 0 Å². The Hall–Kier alpha value is -2.82. The number of nitrogens with zero attached hydrogens (tertiary/aromatic N) is 1. The van der Waals surface area contributed by atoms with Crippen LogP contribution in [0.2, 0.25) is 0 Å². The van der Waals surface area contributed by atoms with Gasteiger partial charge in [0.15, 0.2) is 0 Å². The highest BCUT2D eigenvalue weighted by atomic mass is 16.5. The minimum Gasteiger partial charge on any atom is -0.494 e. The van der Waals surface area contributed by atoms with Crippen molar-refractivity contribution in [2.45, 2.75) is 66.0 Å². The lowest BCUT2D eigenvalue weighted by molar-refractivity contribution is -0.145. The van der Waals surface area contributed by atoms with Crippen LogP contribution in [0.15, 0.2) is 60.2 Å². The molecule has 0 bridgehead atoms. The average molecular weight is 439 g/mol. The molecule has 174 valence electrons. The zero-order valence-corrected chi connectivity index (χ0v) is 20.2. The smallest absolute Gasteiger partial charge is 0.255 e. The summed E-state index contributed by atoms with van der Waals surface area (Å²) < 4.78 is 5.80. The topological polar surface area (TPSA) is 58.6 Å². The van der Waals surface area contributed by atoms with Gasteiger partial charge in [-0.2, -0.15) is 0 Å². The van der Waals surface area contributed by atoms with Gasteiger partial charge in [0.25, 0.3) is 5.91 Å². The molecule has 5 nitrogen and oxygen atoms in total. The van der Waals surface area contributed by atoms with E-state index < -0.39 is 5.54 Å². The van der Waals surface area contributed by atoms with Crippen LogP contribution in [0.1, 0.15) is 59.4 Å². The maximum absolute atomic E-state index is 13.8. The average Bonchev–Trinajstić information content (AvgIpc) is 2.86. The Kier molecular flexibility index (Phi) is 9.30. The van der Waals surface area contributed by atoms with Crippen molar-refractivity contribution in [3.05, 3.63) is 65.8 Å². The number of nitrogens with one attached hydrogen (secondary N) is 1. The Labute approximate surface area is 193 Å². The highest BCUT2D eigenvalue weighted by molar-refractivity contribution is 6.02. The molecule has 0 spiro atoms. The van der Waals surface area contributed by atoms with Crippen LogP contribution >= 0.6 is 0 Å². The van der Waals surface area contributed by atoms with Gasteiger partial charge in [-0.15, -0.1) is 0 Å². The Morgan fingerprint density at radius 1 is 1.34 bits per heavy atom. The van der Waals surface area contributed by atoms with Gasteiger partial charge in [-0.3, -0.25) is 9.59 Å². The summed E-state index contributed by atoms with van der Waals surface area (Å²) in [7, 11) is 0. The van der Waals surface area contributed by atoms with Gasteiger partial charge in [0, 0.05) is 17.7 Å². The van der Waals surface area contributed by atoms with Gasteiger partial charge >= 0.3 is 0 Å². The molecule has 1 aliphatic heterocycles. The summed E-state index contributed by atoms with van der Waals surface area (Å²) in [5.74, 6) is 0.937. The van der Waals surface area contributed by atoms with Gasteiger partial charge in [-0.25, -0.2) is 0 Å². The lowest BCUT2D eigenvalue weighted by Crippen LogP contribution is -2.58. The highest BCUT2D eigenvalue weighted by Crippen LogP contribution is 2.35. The van der Waals surface area contributed by atoms with E-state index in [0.717, 1.165) is 23.3 Å². The predicted molar refractivity (Wildman–Crippen MR) is 130 cm³/mol. The first kappa shape index (κ1) is 25.4. The van der Waals surface area contributed by atoms with E-state index in [2.05, 4.69) is 25.7 Å². The normalized spacial score (nSPS) is 19.4. The zero-order valence-electron chi connectivity index (χ0n) is 20.2. The molecule has 0 aliphatic carbocycles. The molecule has 1 aliphatic rings. The number of carbonyl (C=O) groups is 2. The lowest BCUT2D eigenvalue weighted by atomic mass is 9.90. The van der Waals surface area contributed by atoms with E-state index in [9.17, 15) is 9.59 Å². The van der Waals surface area contributed by atoms with Gasteiger partial charge in [-0.1, -0.05) is 56.9 Å². The monoisotopic (exact) mass is 438 g/mol. The molecule has 1 atom stereocenters. The maximum Gasteiger partial charge on any atom is 0.255 e. The fourth-order valence-corrected chi connectivity index (χ4v) is 3.96. The summed E-state index contributed by atoms with van der Waals surface area (Å²) in [6.45, 7) is 15.3. The number of amides is 2. The molecule has 0 saturated heterocycles. The quantitative estimate of drug-likeness (QED) is 0.547. The highest BCUT2D eigenvalue weighted by Gasteiger charge is 2.44. The Bertz CT molecular complexity index is 885. The summed E-state index contributed by atoms with van der Waals surface area (Å²) in [6, 6.07) is 7.70. The number of allylic oxidation sites excluding steroid dienone is 3. The number of hydrogen-bond donors (Lipinski definition) is 1. The van der Waals surface area contributed by atoms with Crippen LogP contribution in [0, 0.1) is 5.92 Å². The molecule has 1 N–H and O–H groups in total. The molecule has 5 heteroatoms. The third kappa shape index (κ3) is 5.90. The molecular weight excluding hydrogens is 400 g/mol. The molecule has 2 amide bonds. The second-order valence-corrected chi connectivity index (χ2v) is 8.79. The van der Waals surface area contributed by atoms with Gasteiger partial charge in [-0.05, 0) is 57.6 Å². The van der Waals surface area contributed by atoms with Crippen LogP contribution < -0.4 is 10.1 Å². The van der Waals surface area contributed by atoms with Crippen molar-refractivity contribution in [2.75, 3.05) is 13.2 Å². The summed E-state index contributed by atoms with van der Waals surface area (Å²) in [5, 5.41) is 3.08.